The van der Waals surface area contributed by atoms with E-state index < -0.39 is 52.3 Å². The van der Waals surface area contributed by atoms with Gasteiger partial charge >= 0.3 is 6.03 Å². The lowest BCUT2D eigenvalue weighted by molar-refractivity contribution is 0.0120. The Hall–Kier alpha value is -3.26. The second-order valence-corrected chi connectivity index (χ2v) is 17.6. The van der Waals surface area contributed by atoms with E-state index >= 15 is 0 Å². The third-order valence-electron chi connectivity index (χ3n) is 11.7. The van der Waals surface area contributed by atoms with Crippen molar-refractivity contribution in [2.24, 2.45) is 28.0 Å². The second kappa shape index (κ2) is 14.9. The monoisotopic (exact) mass is 760 g/mol. The minimum Gasteiger partial charge on any atom is -0.490 e. The van der Waals surface area contributed by atoms with Crippen LogP contribution in [-0.2, 0) is 31.2 Å². The normalized spacial score (nSPS) is 34.2. The number of carbonyl (C=O) groups excluding carboxylic acids is 2. The van der Waals surface area contributed by atoms with Crippen LogP contribution in [0.3, 0.4) is 0 Å². The molecule has 5 aliphatic rings. The number of urea groups is 1. The number of fused-ring (bicyclic) bond motifs is 4. The second-order valence-electron chi connectivity index (χ2n) is 15.2. The number of nitrogens with zero attached hydrogens (tertiary/aromatic N) is 2. The van der Waals surface area contributed by atoms with Crippen molar-refractivity contribution in [3.63, 3.8) is 0 Å². The molecule has 2 aliphatic heterocycles. The van der Waals surface area contributed by atoms with E-state index in [0.29, 0.717) is 36.4 Å². The van der Waals surface area contributed by atoms with Gasteiger partial charge in [-0.05, 0) is 97.7 Å². The largest absolute Gasteiger partial charge is 0.490 e. The Kier molecular flexibility index (Phi) is 10.6. The number of carbonyl (C=O) groups is 2. The molecule has 2 fully saturated rings. The van der Waals surface area contributed by atoms with Crippen molar-refractivity contribution in [3.8, 4) is 5.75 Å². The van der Waals surface area contributed by atoms with Gasteiger partial charge in [-0.25, -0.2) is 17.8 Å². The summed E-state index contributed by atoms with van der Waals surface area (Å²) in [5, 5.41) is 3.18. The Morgan fingerprint density at radius 1 is 1.13 bits per heavy atom. The van der Waals surface area contributed by atoms with Crippen LogP contribution in [0.5, 0.6) is 5.75 Å². The van der Waals surface area contributed by atoms with Crippen molar-refractivity contribution < 1.29 is 36.8 Å². The zero-order valence-corrected chi connectivity index (χ0v) is 31.3. The quantitative estimate of drug-likeness (QED) is 0.332. The SMILES string of the molecule is CO[C@H]1C=C[C@H](OC)[C@H](C)CS(=O)(NC(=O)N[C@H]2CC2C(F)F)=NC(=O)c2ccc3c(c2)N(C[C@@H]2CC[C@H]21)C[C@@]1(CCCc2cc(Cl)ccc21)CO3. The molecule has 14 heteroatoms. The third kappa shape index (κ3) is 7.56. The van der Waals surface area contributed by atoms with Crippen molar-refractivity contribution in [3.05, 3.63) is 70.3 Å². The van der Waals surface area contributed by atoms with Gasteiger partial charge in [0.2, 0.25) is 6.43 Å². The van der Waals surface area contributed by atoms with Crippen molar-refractivity contribution in [2.75, 3.05) is 44.6 Å². The zero-order chi connectivity index (χ0) is 36.8. The van der Waals surface area contributed by atoms with Crippen molar-refractivity contribution >= 4 is 39.1 Å². The summed E-state index contributed by atoms with van der Waals surface area (Å²) in [6, 6.07) is 9.58. The molecule has 0 saturated heterocycles. The highest BCUT2D eigenvalue weighted by Gasteiger charge is 2.46. The van der Waals surface area contributed by atoms with E-state index in [0.717, 1.165) is 37.8 Å². The summed E-state index contributed by atoms with van der Waals surface area (Å²) in [5.41, 5.74) is 3.08. The standard InChI is InChI=1S/C38H47ClF2N4O6S/c1-22-19-52(48,44-37(47)42-30-17-28(30)35(40)41)43-36(46)24-7-11-34-31(16-24)45(18-25-6-9-27(25)33(50-3)13-12-32(22)49-2)20-38(21-51-34)14-4-5-23-15-26(39)8-10-29(23)38/h7-8,10-13,15-16,22,25,27-28,30,32-33,35H,4-6,9,14,17-21H2,1-3H3,(H2,42,43,44,46,47,48)/t22-,25+,27-,28?,30+,32+,33+,38+,52?/m1/s1. The van der Waals surface area contributed by atoms with Crippen LogP contribution in [0.4, 0.5) is 19.3 Å². The molecule has 10 nitrogen and oxygen atoms in total. The Morgan fingerprint density at radius 3 is 2.63 bits per heavy atom. The van der Waals surface area contributed by atoms with Gasteiger partial charge in [0.1, 0.15) is 15.7 Å². The van der Waals surface area contributed by atoms with Crippen LogP contribution in [0, 0.1) is 23.7 Å². The van der Waals surface area contributed by atoms with E-state index in [1.807, 2.05) is 18.2 Å². The minimum atomic E-state index is -3.77. The van der Waals surface area contributed by atoms with Crippen LogP contribution in [0.2, 0.25) is 5.02 Å². The first-order chi connectivity index (χ1) is 24.9. The molecule has 9 atom stereocenters. The van der Waals surface area contributed by atoms with Crippen LogP contribution in [0.1, 0.15) is 60.5 Å². The van der Waals surface area contributed by atoms with Gasteiger partial charge in [-0.2, -0.15) is 0 Å². The fraction of sp³-hybridized carbons (Fsp3) is 0.579. The average molecular weight is 761 g/mol. The van der Waals surface area contributed by atoms with Crippen LogP contribution in [-0.4, -0.2) is 80.5 Å². The summed E-state index contributed by atoms with van der Waals surface area (Å²) in [6.07, 6.45) is 5.56. The molecule has 2 bridgehead atoms. The van der Waals surface area contributed by atoms with Gasteiger partial charge in [0.05, 0.1) is 30.3 Å². The average Bonchev–Trinajstić information content (AvgIpc) is 3.88. The first kappa shape index (κ1) is 37.1. The number of amides is 3. The molecular weight excluding hydrogens is 714 g/mol. The summed E-state index contributed by atoms with van der Waals surface area (Å²) < 4.78 is 65.8. The van der Waals surface area contributed by atoms with Gasteiger partial charge in [0.15, 0.2) is 0 Å². The molecule has 2 unspecified atom stereocenters. The topological polar surface area (TPSA) is 119 Å². The lowest BCUT2D eigenvalue weighted by atomic mass is 9.68. The number of ether oxygens (including phenoxy) is 3. The van der Waals surface area contributed by atoms with E-state index in [2.05, 4.69) is 31.4 Å². The highest BCUT2D eigenvalue weighted by atomic mass is 35.5. The van der Waals surface area contributed by atoms with E-state index in [-0.39, 0.29) is 35.2 Å². The lowest BCUT2D eigenvalue weighted by Gasteiger charge is -2.46. The van der Waals surface area contributed by atoms with E-state index in [1.165, 1.54) is 18.2 Å². The Balaban J connectivity index is 1.28. The predicted molar refractivity (Wildman–Crippen MR) is 196 cm³/mol. The predicted octanol–water partition coefficient (Wildman–Crippen LogP) is 6.55. The van der Waals surface area contributed by atoms with Crippen LogP contribution in [0.15, 0.2) is 52.9 Å². The Labute approximate surface area is 309 Å². The van der Waals surface area contributed by atoms with E-state index in [1.54, 1.807) is 32.2 Å². The molecule has 3 aliphatic carbocycles. The van der Waals surface area contributed by atoms with Gasteiger partial charge in [-0.15, -0.1) is 4.36 Å². The first-order valence-electron chi connectivity index (χ1n) is 18.1. The van der Waals surface area contributed by atoms with Crippen LogP contribution >= 0.6 is 11.6 Å². The molecule has 2 aromatic carbocycles. The number of anilines is 1. The molecule has 1 spiro atoms. The Morgan fingerprint density at radius 2 is 1.92 bits per heavy atom. The summed E-state index contributed by atoms with van der Waals surface area (Å²) in [4.78, 5) is 29.3. The summed E-state index contributed by atoms with van der Waals surface area (Å²) in [5.74, 6) is -1.25. The summed E-state index contributed by atoms with van der Waals surface area (Å²) >= 11 is 6.44. The Bertz CT molecular complexity index is 1850. The zero-order valence-electron chi connectivity index (χ0n) is 29.7. The molecule has 52 heavy (non-hydrogen) atoms. The molecule has 2 aromatic rings. The fourth-order valence-corrected chi connectivity index (χ4v) is 10.7. The molecule has 2 saturated carbocycles. The van der Waals surface area contributed by atoms with Crippen molar-refractivity contribution in [2.45, 2.75) is 75.5 Å². The van der Waals surface area contributed by atoms with Crippen molar-refractivity contribution in [1.82, 2.24) is 10.0 Å². The maximum absolute atomic E-state index is 14.5. The van der Waals surface area contributed by atoms with Gasteiger partial charge in [0, 0.05) is 55.3 Å². The summed E-state index contributed by atoms with van der Waals surface area (Å²) in [6.45, 7) is 3.62. The number of alkyl halides is 2. The molecule has 7 rings (SSSR count). The third-order valence-corrected chi connectivity index (χ3v) is 13.9. The molecule has 2 N–H and O–H groups in total. The first-order valence-corrected chi connectivity index (χ1v) is 20.2. The van der Waals surface area contributed by atoms with E-state index in [4.69, 9.17) is 25.8 Å². The highest BCUT2D eigenvalue weighted by molar-refractivity contribution is 7.92. The number of benzene rings is 2. The van der Waals surface area contributed by atoms with Gasteiger partial charge in [0.25, 0.3) is 5.91 Å². The fourth-order valence-electron chi connectivity index (χ4n) is 8.64. The number of rotatable bonds is 5. The summed E-state index contributed by atoms with van der Waals surface area (Å²) in [7, 11) is -0.526. The van der Waals surface area contributed by atoms with Crippen LogP contribution in [0.25, 0.3) is 0 Å². The minimum absolute atomic E-state index is 0.117. The molecule has 0 radical (unpaired) electrons. The van der Waals surface area contributed by atoms with Crippen LogP contribution < -0.4 is 19.7 Å². The molecule has 2 heterocycles. The number of hydrogen-bond donors (Lipinski definition) is 2. The lowest BCUT2D eigenvalue weighted by Crippen LogP contribution is -2.49. The number of halogens is 3. The van der Waals surface area contributed by atoms with Gasteiger partial charge in [-0.3, -0.25) is 9.52 Å². The molecule has 282 valence electrons. The van der Waals surface area contributed by atoms with E-state index in [9.17, 15) is 22.6 Å². The maximum atomic E-state index is 14.5. The van der Waals surface area contributed by atoms with Crippen molar-refractivity contribution in [1.29, 1.82) is 0 Å². The molecule has 0 aromatic heterocycles. The smallest absolute Gasteiger partial charge is 0.327 e. The molecule has 3 amide bonds. The number of nitrogens with one attached hydrogen (secondary N) is 2. The number of hydrogen-bond acceptors (Lipinski definition) is 7. The molecular formula is C38H47ClF2N4O6S. The maximum Gasteiger partial charge on any atom is 0.327 e. The number of aryl methyl sites for hydroxylation is 1. The number of methoxy groups -OCH3 is 2. The highest BCUT2D eigenvalue weighted by Crippen LogP contribution is 2.47. The van der Waals surface area contributed by atoms with Gasteiger partial charge in [-0.1, -0.05) is 36.7 Å². The van der Waals surface area contributed by atoms with Gasteiger partial charge < -0.3 is 24.4 Å².